The lowest BCUT2D eigenvalue weighted by Crippen LogP contribution is -2.49. The third-order valence-corrected chi connectivity index (χ3v) is 6.22. The number of hydrogen-bond donors (Lipinski definition) is 2. The molecule has 144 valence electrons. The van der Waals surface area contributed by atoms with Crippen molar-refractivity contribution in [2.45, 2.75) is 25.3 Å². The van der Waals surface area contributed by atoms with Crippen LogP contribution in [0.2, 0.25) is 0 Å². The van der Waals surface area contributed by atoms with Crippen molar-refractivity contribution >= 4 is 21.8 Å². The summed E-state index contributed by atoms with van der Waals surface area (Å²) in [5.41, 5.74) is 1.85. The highest BCUT2D eigenvalue weighted by molar-refractivity contribution is 7.89. The lowest BCUT2D eigenvalue weighted by atomic mass is 10.2. The van der Waals surface area contributed by atoms with Crippen molar-refractivity contribution in [3.63, 3.8) is 0 Å². The van der Waals surface area contributed by atoms with Crippen LogP contribution in [-0.2, 0) is 21.4 Å². The molecule has 10 heteroatoms. The molecule has 1 fully saturated rings. The summed E-state index contributed by atoms with van der Waals surface area (Å²) in [5.74, 6) is -0.0312. The van der Waals surface area contributed by atoms with E-state index in [1.54, 1.807) is 13.8 Å². The van der Waals surface area contributed by atoms with E-state index in [2.05, 4.69) is 15.8 Å². The van der Waals surface area contributed by atoms with Gasteiger partial charge in [0.1, 0.15) is 5.76 Å². The van der Waals surface area contributed by atoms with E-state index < -0.39 is 10.0 Å². The molecule has 0 atom stereocenters. The number of carbonyl (C=O) groups is 2. The number of aromatic nitrogens is 1. The van der Waals surface area contributed by atoms with E-state index in [0.29, 0.717) is 17.0 Å². The third-order valence-electron chi connectivity index (χ3n) is 4.36. The van der Waals surface area contributed by atoms with Crippen LogP contribution in [0.5, 0.6) is 0 Å². The van der Waals surface area contributed by atoms with Crippen LogP contribution in [-0.4, -0.2) is 49.3 Å². The van der Waals surface area contributed by atoms with Crippen molar-refractivity contribution in [1.82, 2.24) is 20.1 Å². The zero-order valence-electron chi connectivity index (χ0n) is 15.0. The topological polar surface area (TPSA) is 122 Å². The van der Waals surface area contributed by atoms with Crippen molar-refractivity contribution in [2.75, 3.05) is 19.6 Å². The molecule has 0 bridgehead atoms. The lowest BCUT2D eigenvalue weighted by Gasteiger charge is -2.25. The normalized spacial score (nSPS) is 15.4. The van der Waals surface area contributed by atoms with Gasteiger partial charge >= 0.3 is 0 Å². The highest BCUT2D eigenvalue weighted by atomic mass is 32.2. The van der Waals surface area contributed by atoms with Crippen LogP contribution in [0.3, 0.4) is 0 Å². The first-order valence-electron chi connectivity index (χ1n) is 8.36. The average molecular weight is 392 g/mol. The van der Waals surface area contributed by atoms with E-state index in [1.807, 2.05) is 0 Å². The molecular weight excluding hydrogens is 372 g/mol. The number of amides is 2. The smallest absolute Gasteiger partial charge is 0.251 e. The van der Waals surface area contributed by atoms with Gasteiger partial charge in [0, 0.05) is 30.8 Å². The molecule has 27 heavy (non-hydrogen) atoms. The molecule has 2 amide bonds. The maximum Gasteiger partial charge on any atom is 0.251 e. The first-order chi connectivity index (χ1) is 12.8. The number of aryl methyl sites for hydroxylation is 2. The van der Waals surface area contributed by atoms with E-state index in [4.69, 9.17) is 4.52 Å². The number of carbonyl (C=O) groups excluding carboxylic acids is 2. The lowest BCUT2D eigenvalue weighted by molar-refractivity contribution is -0.122. The summed E-state index contributed by atoms with van der Waals surface area (Å²) >= 11 is 0. The summed E-state index contributed by atoms with van der Waals surface area (Å²) in [6.45, 7) is 4.11. The van der Waals surface area contributed by atoms with Gasteiger partial charge in [0.05, 0.1) is 17.1 Å². The Labute approximate surface area is 156 Å². The highest BCUT2D eigenvalue weighted by Crippen LogP contribution is 2.17. The van der Waals surface area contributed by atoms with Crippen molar-refractivity contribution in [2.24, 2.45) is 0 Å². The molecule has 0 aliphatic carbocycles. The molecule has 1 saturated heterocycles. The summed E-state index contributed by atoms with van der Waals surface area (Å²) in [6.07, 6.45) is 0. The molecule has 0 radical (unpaired) electrons. The number of nitrogens with one attached hydrogen (secondary N) is 2. The fourth-order valence-electron chi connectivity index (χ4n) is 2.77. The Balaban J connectivity index is 1.69. The van der Waals surface area contributed by atoms with Crippen LogP contribution in [0, 0.1) is 13.8 Å². The molecule has 2 heterocycles. The maximum absolute atomic E-state index is 12.6. The second-order valence-corrected chi connectivity index (χ2v) is 8.14. The zero-order valence-corrected chi connectivity index (χ0v) is 15.8. The molecule has 0 spiro atoms. The molecule has 0 saturated carbocycles. The van der Waals surface area contributed by atoms with Crippen molar-refractivity contribution in [3.05, 3.63) is 46.8 Å². The molecule has 9 nitrogen and oxygen atoms in total. The first-order valence-corrected chi connectivity index (χ1v) is 9.80. The van der Waals surface area contributed by atoms with Gasteiger partial charge in [-0.1, -0.05) is 5.16 Å². The fraction of sp³-hybridized carbons (Fsp3) is 0.353. The Hall–Kier alpha value is -2.72. The van der Waals surface area contributed by atoms with Gasteiger partial charge in [-0.15, -0.1) is 0 Å². The number of rotatable bonds is 5. The summed E-state index contributed by atoms with van der Waals surface area (Å²) in [7, 11) is -3.78. The van der Waals surface area contributed by atoms with Gasteiger partial charge in [0.25, 0.3) is 5.91 Å². The standard InChI is InChI=1S/C17H20N4O5S/c1-11-15(12(2)26-20-11)9-19-17(23)13-3-5-14(6-4-13)27(24,25)21-8-7-18-16(22)10-21/h3-6H,7-10H2,1-2H3,(H,18,22)(H,19,23). The van der Waals surface area contributed by atoms with Gasteiger partial charge < -0.3 is 15.2 Å². The second kappa shape index (κ2) is 7.49. The van der Waals surface area contributed by atoms with Gasteiger partial charge in [0.15, 0.2) is 0 Å². The Morgan fingerprint density at radius 1 is 1.30 bits per heavy atom. The monoisotopic (exact) mass is 392 g/mol. The molecule has 1 aromatic heterocycles. The molecule has 1 aliphatic rings. The van der Waals surface area contributed by atoms with Crippen LogP contribution >= 0.6 is 0 Å². The predicted octanol–water partition coefficient (Wildman–Crippen LogP) is 0.342. The number of hydrogen-bond acceptors (Lipinski definition) is 6. The van der Waals surface area contributed by atoms with Crippen molar-refractivity contribution < 1.29 is 22.5 Å². The number of nitrogens with zero attached hydrogens (tertiary/aromatic N) is 2. The molecule has 1 aliphatic heterocycles. The number of benzene rings is 1. The summed E-state index contributed by atoms with van der Waals surface area (Å²) in [5, 5.41) is 9.17. The van der Waals surface area contributed by atoms with Crippen molar-refractivity contribution in [1.29, 1.82) is 0 Å². The Morgan fingerprint density at radius 3 is 2.59 bits per heavy atom. The highest BCUT2D eigenvalue weighted by Gasteiger charge is 2.29. The minimum atomic E-state index is -3.78. The van der Waals surface area contributed by atoms with E-state index in [9.17, 15) is 18.0 Å². The largest absolute Gasteiger partial charge is 0.361 e. The summed E-state index contributed by atoms with van der Waals surface area (Å²) in [6, 6.07) is 5.62. The SMILES string of the molecule is Cc1noc(C)c1CNC(=O)c1ccc(S(=O)(=O)N2CCNC(=O)C2)cc1. The molecular formula is C17H20N4O5S. The quantitative estimate of drug-likeness (QED) is 0.757. The van der Waals surface area contributed by atoms with Crippen LogP contribution in [0.15, 0.2) is 33.7 Å². The van der Waals surface area contributed by atoms with Crippen LogP contribution in [0.1, 0.15) is 27.4 Å². The van der Waals surface area contributed by atoms with E-state index in [1.165, 1.54) is 24.3 Å². The molecule has 2 aromatic rings. The Kier molecular flexibility index (Phi) is 5.29. The van der Waals surface area contributed by atoms with Crippen LogP contribution < -0.4 is 10.6 Å². The molecule has 1 aromatic carbocycles. The maximum atomic E-state index is 12.6. The third kappa shape index (κ3) is 4.01. The van der Waals surface area contributed by atoms with Crippen LogP contribution in [0.25, 0.3) is 0 Å². The zero-order chi connectivity index (χ0) is 19.6. The predicted molar refractivity (Wildman–Crippen MR) is 95.4 cm³/mol. The Morgan fingerprint density at radius 2 is 2.00 bits per heavy atom. The summed E-state index contributed by atoms with van der Waals surface area (Å²) < 4.78 is 31.4. The number of piperazine rings is 1. The van der Waals surface area contributed by atoms with E-state index in [0.717, 1.165) is 9.87 Å². The Bertz CT molecular complexity index is 946. The molecule has 0 unspecified atom stereocenters. The number of sulfonamides is 1. The minimum absolute atomic E-state index is 0.0412. The van der Waals surface area contributed by atoms with Gasteiger partial charge in [-0.05, 0) is 38.1 Å². The van der Waals surface area contributed by atoms with Gasteiger partial charge in [-0.25, -0.2) is 8.42 Å². The first kappa shape index (κ1) is 19.1. The van der Waals surface area contributed by atoms with Gasteiger partial charge in [-0.2, -0.15) is 4.31 Å². The van der Waals surface area contributed by atoms with Gasteiger partial charge in [0.2, 0.25) is 15.9 Å². The second-order valence-electron chi connectivity index (χ2n) is 6.20. The fourth-order valence-corrected chi connectivity index (χ4v) is 4.17. The summed E-state index contributed by atoms with van der Waals surface area (Å²) in [4.78, 5) is 23.8. The minimum Gasteiger partial charge on any atom is -0.361 e. The molecule has 2 N–H and O–H groups in total. The average Bonchev–Trinajstić information content (AvgIpc) is 2.97. The van der Waals surface area contributed by atoms with E-state index >= 15 is 0 Å². The van der Waals surface area contributed by atoms with Crippen LogP contribution in [0.4, 0.5) is 0 Å². The van der Waals surface area contributed by atoms with E-state index in [-0.39, 0.29) is 42.9 Å². The van der Waals surface area contributed by atoms with Crippen molar-refractivity contribution in [3.8, 4) is 0 Å². The van der Waals surface area contributed by atoms with Gasteiger partial charge in [-0.3, -0.25) is 9.59 Å². The molecule has 3 rings (SSSR count).